The molecule has 0 aliphatic heterocycles. The van der Waals surface area contributed by atoms with Crippen LogP contribution < -0.4 is 0 Å². The Morgan fingerprint density at radius 2 is 2.00 bits per heavy atom. The van der Waals surface area contributed by atoms with Crippen molar-refractivity contribution in [2.45, 2.75) is 27.4 Å². The van der Waals surface area contributed by atoms with Gasteiger partial charge in [0.25, 0.3) is 0 Å². The molecule has 0 aliphatic rings. The first-order chi connectivity index (χ1) is 8.02. The standard InChI is InChI=1S/C12H14BrN3O/c1-7-4-10(6-17)5-11(14-7)16-9(3)12(13)8(2)15-16/h4-5,17H,6H2,1-3H3. The fraction of sp³-hybridized carbons (Fsp3) is 0.333. The summed E-state index contributed by atoms with van der Waals surface area (Å²) < 4.78 is 2.78. The zero-order valence-electron chi connectivity index (χ0n) is 10.0. The molecule has 2 rings (SSSR count). The Bertz CT molecular complexity index is 563. The molecule has 2 aromatic rings. The lowest BCUT2D eigenvalue weighted by atomic mass is 10.2. The SMILES string of the molecule is Cc1cc(CO)cc(-n2nc(C)c(Br)c2C)n1. The van der Waals surface area contributed by atoms with E-state index in [9.17, 15) is 5.11 Å². The number of aliphatic hydroxyl groups is 1. The fourth-order valence-electron chi connectivity index (χ4n) is 1.77. The highest BCUT2D eigenvalue weighted by molar-refractivity contribution is 9.10. The van der Waals surface area contributed by atoms with Gasteiger partial charge in [0, 0.05) is 5.69 Å². The number of aliphatic hydroxyl groups excluding tert-OH is 1. The molecule has 0 fully saturated rings. The Labute approximate surface area is 108 Å². The molecule has 0 spiro atoms. The van der Waals surface area contributed by atoms with Crippen LogP contribution in [0.15, 0.2) is 16.6 Å². The van der Waals surface area contributed by atoms with E-state index in [4.69, 9.17) is 0 Å². The van der Waals surface area contributed by atoms with E-state index in [1.54, 1.807) is 4.68 Å². The molecular formula is C12H14BrN3O. The molecule has 0 atom stereocenters. The summed E-state index contributed by atoms with van der Waals surface area (Å²) in [5.41, 5.74) is 3.65. The summed E-state index contributed by atoms with van der Waals surface area (Å²) in [5, 5.41) is 13.6. The Balaban J connectivity index is 2.59. The van der Waals surface area contributed by atoms with Crippen LogP contribution in [0.2, 0.25) is 0 Å². The molecule has 0 aliphatic carbocycles. The minimum atomic E-state index is 0.0107. The first kappa shape index (κ1) is 12.3. The molecule has 0 bridgehead atoms. The van der Waals surface area contributed by atoms with E-state index in [2.05, 4.69) is 26.0 Å². The lowest BCUT2D eigenvalue weighted by Crippen LogP contribution is -2.04. The monoisotopic (exact) mass is 295 g/mol. The zero-order valence-corrected chi connectivity index (χ0v) is 11.6. The summed E-state index contributed by atoms with van der Waals surface area (Å²) in [4.78, 5) is 4.44. The van der Waals surface area contributed by atoms with Gasteiger partial charge in [-0.1, -0.05) is 0 Å². The van der Waals surface area contributed by atoms with Crippen molar-refractivity contribution >= 4 is 15.9 Å². The number of aromatic nitrogens is 3. The van der Waals surface area contributed by atoms with Crippen LogP contribution in [0.3, 0.4) is 0 Å². The number of halogens is 1. The van der Waals surface area contributed by atoms with Crippen LogP contribution in [0.1, 0.15) is 22.6 Å². The van der Waals surface area contributed by atoms with Crippen LogP contribution in [0, 0.1) is 20.8 Å². The third-order valence-electron chi connectivity index (χ3n) is 2.60. The van der Waals surface area contributed by atoms with Gasteiger partial charge in [-0.2, -0.15) is 5.10 Å². The lowest BCUT2D eigenvalue weighted by Gasteiger charge is -2.06. The number of hydrogen-bond acceptors (Lipinski definition) is 3. The van der Waals surface area contributed by atoms with Crippen molar-refractivity contribution in [1.29, 1.82) is 0 Å². The predicted octanol–water partition coefficient (Wildman–Crippen LogP) is 2.45. The van der Waals surface area contributed by atoms with Crippen LogP contribution in [-0.4, -0.2) is 19.9 Å². The quantitative estimate of drug-likeness (QED) is 0.926. The van der Waals surface area contributed by atoms with E-state index in [1.807, 2.05) is 32.9 Å². The van der Waals surface area contributed by atoms with E-state index in [0.717, 1.165) is 32.9 Å². The van der Waals surface area contributed by atoms with Crippen LogP contribution in [0.4, 0.5) is 0 Å². The fourth-order valence-corrected chi connectivity index (χ4v) is 2.01. The van der Waals surface area contributed by atoms with Crippen molar-refractivity contribution in [3.8, 4) is 5.82 Å². The van der Waals surface area contributed by atoms with Crippen LogP contribution in [0.5, 0.6) is 0 Å². The van der Waals surface area contributed by atoms with E-state index >= 15 is 0 Å². The van der Waals surface area contributed by atoms with Crippen molar-refractivity contribution in [1.82, 2.24) is 14.8 Å². The highest BCUT2D eigenvalue weighted by Gasteiger charge is 2.11. The zero-order chi connectivity index (χ0) is 12.6. The lowest BCUT2D eigenvalue weighted by molar-refractivity contribution is 0.281. The first-order valence-electron chi connectivity index (χ1n) is 5.33. The number of pyridine rings is 1. The van der Waals surface area contributed by atoms with Gasteiger partial charge in [-0.3, -0.25) is 0 Å². The number of hydrogen-bond donors (Lipinski definition) is 1. The molecule has 0 saturated carbocycles. The van der Waals surface area contributed by atoms with Gasteiger partial charge in [-0.25, -0.2) is 9.67 Å². The maximum Gasteiger partial charge on any atom is 0.154 e. The molecule has 0 radical (unpaired) electrons. The van der Waals surface area contributed by atoms with Gasteiger partial charge in [-0.15, -0.1) is 0 Å². The largest absolute Gasteiger partial charge is 0.392 e. The Hall–Kier alpha value is -1.20. The predicted molar refractivity (Wildman–Crippen MR) is 69.2 cm³/mol. The van der Waals surface area contributed by atoms with Gasteiger partial charge in [0.1, 0.15) is 0 Å². The Morgan fingerprint density at radius 3 is 2.53 bits per heavy atom. The van der Waals surface area contributed by atoms with Gasteiger partial charge >= 0.3 is 0 Å². The van der Waals surface area contributed by atoms with Crippen molar-refractivity contribution in [3.63, 3.8) is 0 Å². The highest BCUT2D eigenvalue weighted by atomic mass is 79.9. The molecule has 90 valence electrons. The topological polar surface area (TPSA) is 50.9 Å². The van der Waals surface area contributed by atoms with E-state index in [1.165, 1.54) is 0 Å². The molecule has 17 heavy (non-hydrogen) atoms. The molecule has 0 unspecified atom stereocenters. The van der Waals surface area contributed by atoms with Gasteiger partial charge in [-0.05, 0) is 54.4 Å². The summed E-state index contributed by atoms with van der Waals surface area (Å²) in [6, 6.07) is 3.71. The molecule has 4 nitrogen and oxygen atoms in total. The Kier molecular flexibility index (Phi) is 3.31. The van der Waals surface area contributed by atoms with Gasteiger partial charge in [0.15, 0.2) is 5.82 Å². The van der Waals surface area contributed by atoms with Crippen molar-refractivity contribution in [2.24, 2.45) is 0 Å². The Morgan fingerprint density at radius 1 is 1.29 bits per heavy atom. The van der Waals surface area contributed by atoms with Gasteiger partial charge in [0.05, 0.1) is 22.5 Å². The molecule has 0 amide bonds. The van der Waals surface area contributed by atoms with E-state index in [0.29, 0.717) is 0 Å². The van der Waals surface area contributed by atoms with Crippen molar-refractivity contribution in [2.75, 3.05) is 0 Å². The summed E-state index contributed by atoms with van der Waals surface area (Å²) in [7, 11) is 0. The minimum Gasteiger partial charge on any atom is -0.392 e. The van der Waals surface area contributed by atoms with Gasteiger partial charge < -0.3 is 5.11 Å². The van der Waals surface area contributed by atoms with Crippen LogP contribution in [-0.2, 0) is 6.61 Å². The molecule has 2 heterocycles. The first-order valence-corrected chi connectivity index (χ1v) is 6.12. The third kappa shape index (κ3) is 2.25. The van der Waals surface area contributed by atoms with Crippen LogP contribution >= 0.6 is 15.9 Å². The van der Waals surface area contributed by atoms with E-state index in [-0.39, 0.29) is 6.61 Å². The third-order valence-corrected chi connectivity index (χ3v) is 3.75. The van der Waals surface area contributed by atoms with Crippen molar-refractivity contribution < 1.29 is 5.11 Å². The molecule has 2 aromatic heterocycles. The number of rotatable bonds is 2. The second-order valence-electron chi connectivity index (χ2n) is 4.03. The minimum absolute atomic E-state index is 0.0107. The maximum absolute atomic E-state index is 9.20. The smallest absolute Gasteiger partial charge is 0.154 e. The second-order valence-corrected chi connectivity index (χ2v) is 4.82. The normalized spacial score (nSPS) is 10.9. The molecule has 0 saturated heterocycles. The maximum atomic E-state index is 9.20. The summed E-state index contributed by atoms with van der Waals surface area (Å²) in [5.74, 6) is 0.736. The second kappa shape index (κ2) is 4.58. The summed E-state index contributed by atoms with van der Waals surface area (Å²) in [6.45, 7) is 5.84. The summed E-state index contributed by atoms with van der Waals surface area (Å²) in [6.07, 6.45) is 0. The number of nitrogens with zero attached hydrogens (tertiary/aromatic N) is 3. The summed E-state index contributed by atoms with van der Waals surface area (Å²) >= 11 is 3.49. The highest BCUT2D eigenvalue weighted by Crippen LogP contribution is 2.22. The average molecular weight is 296 g/mol. The van der Waals surface area contributed by atoms with Gasteiger partial charge in [0.2, 0.25) is 0 Å². The van der Waals surface area contributed by atoms with Crippen LogP contribution in [0.25, 0.3) is 5.82 Å². The van der Waals surface area contributed by atoms with Crippen molar-refractivity contribution in [3.05, 3.63) is 39.3 Å². The molecular weight excluding hydrogens is 282 g/mol. The molecule has 5 heteroatoms. The molecule has 1 N–H and O–H groups in total. The molecule has 0 aromatic carbocycles. The number of aryl methyl sites for hydroxylation is 2. The average Bonchev–Trinajstić information content (AvgIpc) is 2.56. The van der Waals surface area contributed by atoms with E-state index < -0.39 is 0 Å².